The molecule has 0 aliphatic heterocycles. The molecule has 0 saturated heterocycles. The second-order valence-electron chi connectivity index (χ2n) is 4.16. The molecule has 0 saturated carbocycles. The maximum atomic E-state index is 11.8. The summed E-state index contributed by atoms with van der Waals surface area (Å²) in [5.41, 5.74) is 5.27. The largest absolute Gasteiger partial charge is 0.389 e. The van der Waals surface area contributed by atoms with Crippen LogP contribution in [0.15, 0.2) is 0 Å². The third kappa shape index (κ3) is 5.44. The molecular formula is C9H19F3N2. The average Bonchev–Trinajstić information content (AvgIpc) is 2.02. The van der Waals surface area contributed by atoms with Crippen LogP contribution in [-0.2, 0) is 0 Å². The van der Waals surface area contributed by atoms with Gasteiger partial charge in [-0.3, -0.25) is 4.90 Å². The van der Waals surface area contributed by atoms with Gasteiger partial charge < -0.3 is 5.73 Å². The number of nitrogens with two attached hydrogens (primary N) is 1. The topological polar surface area (TPSA) is 29.3 Å². The number of halogens is 3. The minimum Gasteiger partial charge on any atom is -0.329 e. The van der Waals surface area contributed by atoms with Gasteiger partial charge in [-0.15, -0.1) is 0 Å². The Morgan fingerprint density at radius 2 is 1.71 bits per heavy atom. The first-order valence-electron chi connectivity index (χ1n) is 4.67. The summed E-state index contributed by atoms with van der Waals surface area (Å²) in [6.07, 6.45) is -4.64. The van der Waals surface area contributed by atoms with Gasteiger partial charge in [-0.25, -0.2) is 0 Å². The van der Waals surface area contributed by atoms with Crippen molar-refractivity contribution in [1.29, 1.82) is 0 Å². The Morgan fingerprint density at radius 1 is 1.21 bits per heavy atom. The molecule has 14 heavy (non-hydrogen) atoms. The van der Waals surface area contributed by atoms with Crippen molar-refractivity contribution in [2.75, 3.05) is 20.1 Å². The summed E-state index contributed by atoms with van der Waals surface area (Å²) in [5.74, 6) is 0. The lowest BCUT2D eigenvalue weighted by molar-refractivity contribution is -0.136. The molecule has 0 aromatic heterocycles. The molecule has 0 fully saturated rings. The zero-order valence-electron chi connectivity index (χ0n) is 8.99. The number of rotatable bonds is 5. The van der Waals surface area contributed by atoms with Gasteiger partial charge >= 0.3 is 6.18 Å². The normalized spacial score (nSPS) is 13.7. The summed E-state index contributed by atoms with van der Waals surface area (Å²) in [7, 11) is 1.79. The van der Waals surface area contributed by atoms with E-state index in [9.17, 15) is 13.2 Å². The number of hydrogen-bond acceptors (Lipinski definition) is 2. The van der Waals surface area contributed by atoms with Gasteiger partial charge in [0.25, 0.3) is 0 Å². The highest BCUT2D eigenvalue weighted by Gasteiger charge is 2.27. The molecule has 5 heteroatoms. The second-order valence-corrected chi connectivity index (χ2v) is 4.16. The molecule has 0 radical (unpaired) electrons. The van der Waals surface area contributed by atoms with Gasteiger partial charge in [0.2, 0.25) is 0 Å². The number of hydrogen-bond donors (Lipinski definition) is 1. The van der Waals surface area contributed by atoms with E-state index >= 15 is 0 Å². The smallest absolute Gasteiger partial charge is 0.329 e. The summed E-state index contributed by atoms with van der Waals surface area (Å²) in [6, 6.07) is 0. The van der Waals surface area contributed by atoms with Crippen LogP contribution in [0.1, 0.15) is 26.7 Å². The van der Waals surface area contributed by atoms with Crippen molar-refractivity contribution in [2.45, 2.75) is 38.4 Å². The quantitative estimate of drug-likeness (QED) is 0.755. The van der Waals surface area contributed by atoms with Crippen molar-refractivity contribution in [3.05, 3.63) is 0 Å². The monoisotopic (exact) mass is 212 g/mol. The first-order valence-corrected chi connectivity index (χ1v) is 4.67. The molecule has 0 spiro atoms. The van der Waals surface area contributed by atoms with Crippen LogP contribution < -0.4 is 5.73 Å². The van der Waals surface area contributed by atoms with Crippen LogP contribution in [0.2, 0.25) is 0 Å². The third-order valence-electron chi connectivity index (χ3n) is 2.49. The Bertz CT molecular complexity index is 166. The van der Waals surface area contributed by atoms with E-state index in [1.54, 1.807) is 7.05 Å². The molecule has 0 atom stereocenters. The summed E-state index contributed by atoms with van der Waals surface area (Å²) in [6.45, 7) is 4.69. The SMILES string of the molecule is CN(CCCC(F)(F)F)C(C)(C)CN. The van der Waals surface area contributed by atoms with Crippen LogP contribution in [0.5, 0.6) is 0 Å². The molecule has 0 aromatic rings. The Labute approximate surface area is 83.3 Å². The molecule has 0 aliphatic carbocycles. The lowest BCUT2D eigenvalue weighted by Gasteiger charge is -2.34. The lowest BCUT2D eigenvalue weighted by atomic mass is 10.0. The van der Waals surface area contributed by atoms with Crippen LogP contribution in [-0.4, -0.2) is 36.8 Å². The average molecular weight is 212 g/mol. The highest BCUT2D eigenvalue weighted by molar-refractivity contribution is 4.79. The molecule has 0 heterocycles. The van der Waals surface area contributed by atoms with E-state index in [4.69, 9.17) is 5.73 Å². The van der Waals surface area contributed by atoms with Crippen molar-refractivity contribution < 1.29 is 13.2 Å². The fourth-order valence-electron chi connectivity index (χ4n) is 0.975. The molecule has 0 rings (SSSR count). The standard InChI is InChI=1S/C9H19F3N2/c1-8(2,7-13)14(3)6-4-5-9(10,11)12/h4-7,13H2,1-3H3. The molecule has 86 valence electrons. The first kappa shape index (κ1) is 13.7. The van der Waals surface area contributed by atoms with Crippen molar-refractivity contribution in [1.82, 2.24) is 4.90 Å². The van der Waals surface area contributed by atoms with E-state index in [0.717, 1.165) is 0 Å². The zero-order chi connectivity index (χ0) is 11.4. The van der Waals surface area contributed by atoms with Crippen LogP contribution >= 0.6 is 0 Å². The highest BCUT2D eigenvalue weighted by atomic mass is 19.4. The molecule has 0 amide bonds. The maximum absolute atomic E-state index is 11.8. The first-order chi connectivity index (χ1) is 6.19. The van der Waals surface area contributed by atoms with Crippen LogP contribution in [0.25, 0.3) is 0 Å². The predicted molar refractivity (Wildman–Crippen MR) is 51.1 cm³/mol. The number of nitrogens with zero attached hydrogens (tertiary/aromatic N) is 1. The zero-order valence-corrected chi connectivity index (χ0v) is 8.99. The van der Waals surface area contributed by atoms with Gasteiger partial charge in [-0.1, -0.05) is 0 Å². The molecule has 2 nitrogen and oxygen atoms in total. The van der Waals surface area contributed by atoms with Gasteiger partial charge in [0.05, 0.1) is 0 Å². The van der Waals surface area contributed by atoms with E-state index in [2.05, 4.69) is 0 Å². The highest BCUT2D eigenvalue weighted by Crippen LogP contribution is 2.22. The number of alkyl halides is 3. The lowest BCUT2D eigenvalue weighted by Crippen LogP contribution is -2.47. The van der Waals surface area contributed by atoms with E-state index in [1.807, 2.05) is 18.7 Å². The van der Waals surface area contributed by atoms with Gasteiger partial charge in [-0.2, -0.15) is 13.2 Å². The minimum absolute atomic E-state index is 0.128. The van der Waals surface area contributed by atoms with Gasteiger partial charge in [-0.05, 0) is 33.9 Å². The van der Waals surface area contributed by atoms with E-state index in [1.165, 1.54) is 0 Å². The summed E-state index contributed by atoms with van der Waals surface area (Å²) in [5, 5.41) is 0. The predicted octanol–water partition coefficient (Wildman–Crippen LogP) is 2.00. The Hall–Kier alpha value is -0.290. The molecule has 0 unspecified atom stereocenters. The van der Waals surface area contributed by atoms with Crippen molar-refractivity contribution in [3.63, 3.8) is 0 Å². The summed E-state index contributed by atoms with van der Waals surface area (Å²) < 4.78 is 35.5. The van der Waals surface area contributed by atoms with Gasteiger partial charge in [0, 0.05) is 18.5 Å². The Balaban J connectivity index is 3.80. The Morgan fingerprint density at radius 3 is 2.07 bits per heavy atom. The molecule has 0 bridgehead atoms. The number of likely N-dealkylation sites (N-methyl/N-ethyl adjacent to an activating group) is 1. The van der Waals surface area contributed by atoms with E-state index in [0.29, 0.717) is 13.1 Å². The molecule has 2 N–H and O–H groups in total. The minimum atomic E-state index is -4.05. The van der Waals surface area contributed by atoms with Crippen LogP contribution in [0.3, 0.4) is 0 Å². The van der Waals surface area contributed by atoms with Crippen molar-refractivity contribution >= 4 is 0 Å². The van der Waals surface area contributed by atoms with Gasteiger partial charge in [0.15, 0.2) is 0 Å². The third-order valence-corrected chi connectivity index (χ3v) is 2.49. The fraction of sp³-hybridized carbons (Fsp3) is 1.00. The van der Waals surface area contributed by atoms with Crippen molar-refractivity contribution in [2.24, 2.45) is 5.73 Å². The molecule has 0 aliphatic rings. The van der Waals surface area contributed by atoms with Crippen LogP contribution in [0.4, 0.5) is 13.2 Å². The Kier molecular flexibility index (Phi) is 4.88. The fourth-order valence-corrected chi connectivity index (χ4v) is 0.975. The summed E-state index contributed by atoms with van der Waals surface area (Å²) >= 11 is 0. The second kappa shape index (κ2) is 4.98. The summed E-state index contributed by atoms with van der Waals surface area (Å²) in [4.78, 5) is 1.86. The van der Waals surface area contributed by atoms with E-state index in [-0.39, 0.29) is 12.0 Å². The molecular weight excluding hydrogens is 193 g/mol. The van der Waals surface area contributed by atoms with E-state index < -0.39 is 12.6 Å². The van der Waals surface area contributed by atoms with Crippen LogP contribution in [0, 0.1) is 0 Å². The van der Waals surface area contributed by atoms with Crippen molar-refractivity contribution in [3.8, 4) is 0 Å². The van der Waals surface area contributed by atoms with Gasteiger partial charge in [0.1, 0.15) is 0 Å². The maximum Gasteiger partial charge on any atom is 0.389 e. The molecule has 0 aromatic carbocycles.